The summed E-state index contributed by atoms with van der Waals surface area (Å²) in [5.41, 5.74) is -0.0482. The second-order valence-corrected chi connectivity index (χ2v) is 5.00. The minimum Gasteiger partial charge on any atom is -0.351 e. The molecule has 0 aliphatic rings. The Morgan fingerprint density at radius 2 is 1.95 bits per heavy atom. The molecule has 0 saturated heterocycles. The van der Waals surface area contributed by atoms with Crippen molar-refractivity contribution in [1.82, 2.24) is 10.2 Å². The summed E-state index contributed by atoms with van der Waals surface area (Å²) in [6.45, 7) is 1.11. The summed E-state index contributed by atoms with van der Waals surface area (Å²) in [6, 6.07) is 10.2. The van der Waals surface area contributed by atoms with Gasteiger partial charge in [0.1, 0.15) is 5.56 Å². The molecule has 0 aliphatic heterocycles. The van der Waals surface area contributed by atoms with Crippen molar-refractivity contribution in [2.45, 2.75) is 0 Å². The Morgan fingerprint density at radius 3 is 2.62 bits per heavy atom. The maximum Gasteiger partial charge on any atom is 0.282 e. The van der Waals surface area contributed by atoms with Crippen molar-refractivity contribution < 1.29 is 9.72 Å². The van der Waals surface area contributed by atoms with E-state index in [0.29, 0.717) is 18.5 Å². The average molecular weight is 287 g/mol. The van der Waals surface area contributed by atoms with Gasteiger partial charge in [0.2, 0.25) is 0 Å². The van der Waals surface area contributed by atoms with Crippen molar-refractivity contribution >= 4 is 22.4 Å². The lowest BCUT2D eigenvalue weighted by Gasteiger charge is -2.11. The van der Waals surface area contributed by atoms with Crippen LogP contribution in [0.4, 0.5) is 5.69 Å². The van der Waals surface area contributed by atoms with Crippen LogP contribution >= 0.6 is 0 Å². The number of nitrogens with one attached hydrogen (secondary N) is 1. The topological polar surface area (TPSA) is 75.5 Å². The van der Waals surface area contributed by atoms with Gasteiger partial charge in [-0.05, 0) is 25.5 Å². The molecule has 0 atom stereocenters. The largest absolute Gasteiger partial charge is 0.351 e. The number of nitro benzene ring substituents is 1. The second-order valence-electron chi connectivity index (χ2n) is 5.00. The standard InChI is InChI=1S/C15H17N3O3/c1-17(2)10-9-16-15(19)14-12-6-4-3-5-11(12)7-8-13(14)18(20)21/h3-8H,9-10H2,1-2H3,(H,16,19). The highest BCUT2D eigenvalue weighted by Crippen LogP contribution is 2.27. The summed E-state index contributed by atoms with van der Waals surface area (Å²) >= 11 is 0. The van der Waals surface area contributed by atoms with Gasteiger partial charge in [0.05, 0.1) is 4.92 Å². The summed E-state index contributed by atoms with van der Waals surface area (Å²) in [4.78, 5) is 24.9. The summed E-state index contributed by atoms with van der Waals surface area (Å²) in [5.74, 6) is -0.416. The van der Waals surface area contributed by atoms with E-state index >= 15 is 0 Å². The molecule has 1 amide bonds. The molecule has 2 aromatic carbocycles. The van der Waals surface area contributed by atoms with E-state index in [0.717, 1.165) is 5.39 Å². The molecule has 0 aliphatic carbocycles. The van der Waals surface area contributed by atoms with Gasteiger partial charge in [-0.1, -0.05) is 24.3 Å². The Labute approximate surface area is 122 Å². The zero-order chi connectivity index (χ0) is 15.4. The molecule has 0 saturated carbocycles. The third-order valence-electron chi connectivity index (χ3n) is 3.18. The number of fused-ring (bicyclic) bond motifs is 1. The fraction of sp³-hybridized carbons (Fsp3) is 0.267. The number of benzene rings is 2. The molecule has 6 heteroatoms. The molecule has 0 radical (unpaired) electrons. The number of carbonyl (C=O) groups excluding carboxylic acids is 1. The highest BCUT2D eigenvalue weighted by molar-refractivity contribution is 6.10. The first-order chi connectivity index (χ1) is 10.0. The van der Waals surface area contributed by atoms with Gasteiger partial charge < -0.3 is 10.2 Å². The monoisotopic (exact) mass is 287 g/mol. The van der Waals surface area contributed by atoms with Crippen molar-refractivity contribution in [1.29, 1.82) is 0 Å². The molecule has 0 unspecified atom stereocenters. The molecule has 21 heavy (non-hydrogen) atoms. The van der Waals surface area contributed by atoms with Gasteiger partial charge in [-0.25, -0.2) is 0 Å². The fourth-order valence-corrected chi connectivity index (χ4v) is 2.13. The first kappa shape index (κ1) is 14.9. The Bertz CT molecular complexity index is 683. The van der Waals surface area contributed by atoms with Crippen LogP contribution in [0.1, 0.15) is 10.4 Å². The number of rotatable bonds is 5. The van der Waals surface area contributed by atoms with E-state index in [1.54, 1.807) is 18.2 Å². The first-order valence-electron chi connectivity index (χ1n) is 6.60. The van der Waals surface area contributed by atoms with E-state index in [-0.39, 0.29) is 11.3 Å². The Morgan fingerprint density at radius 1 is 1.24 bits per heavy atom. The van der Waals surface area contributed by atoms with Crippen molar-refractivity contribution in [3.63, 3.8) is 0 Å². The number of amides is 1. The summed E-state index contributed by atoms with van der Waals surface area (Å²) in [7, 11) is 3.79. The van der Waals surface area contributed by atoms with Gasteiger partial charge >= 0.3 is 0 Å². The molecule has 2 rings (SSSR count). The Balaban J connectivity index is 2.41. The van der Waals surface area contributed by atoms with Crippen LogP contribution in [-0.2, 0) is 0 Å². The smallest absolute Gasteiger partial charge is 0.282 e. The van der Waals surface area contributed by atoms with Gasteiger partial charge in [0.15, 0.2) is 0 Å². The third-order valence-corrected chi connectivity index (χ3v) is 3.18. The summed E-state index contributed by atoms with van der Waals surface area (Å²) < 4.78 is 0. The van der Waals surface area contributed by atoms with Crippen molar-refractivity contribution in [3.05, 3.63) is 52.1 Å². The molecule has 0 heterocycles. The van der Waals surface area contributed by atoms with E-state index in [4.69, 9.17) is 0 Å². The van der Waals surface area contributed by atoms with E-state index in [2.05, 4.69) is 5.32 Å². The fourth-order valence-electron chi connectivity index (χ4n) is 2.13. The minimum absolute atomic E-state index is 0.122. The normalized spacial score (nSPS) is 10.8. The lowest BCUT2D eigenvalue weighted by atomic mass is 10.0. The number of hydrogen-bond donors (Lipinski definition) is 1. The highest BCUT2D eigenvalue weighted by Gasteiger charge is 2.22. The number of likely N-dealkylation sites (N-methyl/N-ethyl adjacent to an activating group) is 1. The van der Waals surface area contributed by atoms with Gasteiger partial charge in [-0.3, -0.25) is 14.9 Å². The zero-order valence-electron chi connectivity index (χ0n) is 12.0. The molecule has 0 fully saturated rings. The van der Waals surface area contributed by atoms with Gasteiger partial charge in [-0.2, -0.15) is 0 Å². The minimum atomic E-state index is -0.521. The van der Waals surface area contributed by atoms with Crippen molar-refractivity contribution in [2.75, 3.05) is 27.2 Å². The maximum absolute atomic E-state index is 12.3. The van der Waals surface area contributed by atoms with E-state index in [1.807, 2.05) is 31.1 Å². The van der Waals surface area contributed by atoms with Crippen LogP contribution in [0.3, 0.4) is 0 Å². The van der Waals surface area contributed by atoms with E-state index in [9.17, 15) is 14.9 Å². The van der Waals surface area contributed by atoms with E-state index in [1.165, 1.54) is 6.07 Å². The maximum atomic E-state index is 12.3. The molecule has 6 nitrogen and oxygen atoms in total. The lowest BCUT2D eigenvalue weighted by molar-refractivity contribution is -0.385. The molecular weight excluding hydrogens is 270 g/mol. The predicted molar refractivity (Wildman–Crippen MR) is 81.5 cm³/mol. The molecular formula is C15H17N3O3. The molecule has 0 bridgehead atoms. The quantitative estimate of drug-likeness (QED) is 0.674. The summed E-state index contributed by atoms with van der Waals surface area (Å²) in [5, 5.41) is 15.3. The average Bonchev–Trinajstić information content (AvgIpc) is 2.45. The number of hydrogen-bond acceptors (Lipinski definition) is 4. The number of carbonyl (C=O) groups is 1. The summed E-state index contributed by atoms with van der Waals surface area (Å²) in [6.07, 6.45) is 0. The molecule has 0 spiro atoms. The van der Waals surface area contributed by atoms with Crippen LogP contribution in [0.25, 0.3) is 10.8 Å². The van der Waals surface area contributed by atoms with Crippen LogP contribution < -0.4 is 5.32 Å². The van der Waals surface area contributed by atoms with Crippen LogP contribution in [0.5, 0.6) is 0 Å². The lowest BCUT2D eigenvalue weighted by Crippen LogP contribution is -2.31. The molecule has 1 N–H and O–H groups in total. The van der Waals surface area contributed by atoms with Crippen molar-refractivity contribution in [2.24, 2.45) is 0 Å². The molecule has 0 aromatic heterocycles. The zero-order valence-corrected chi connectivity index (χ0v) is 12.0. The van der Waals surface area contributed by atoms with Crippen LogP contribution in [0, 0.1) is 10.1 Å². The first-order valence-corrected chi connectivity index (χ1v) is 6.60. The predicted octanol–water partition coefficient (Wildman–Crippen LogP) is 2.04. The van der Waals surface area contributed by atoms with Crippen LogP contribution in [-0.4, -0.2) is 42.9 Å². The highest BCUT2D eigenvalue weighted by atomic mass is 16.6. The third kappa shape index (κ3) is 3.35. The molecule has 110 valence electrons. The van der Waals surface area contributed by atoms with Gasteiger partial charge in [0, 0.05) is 24.5 Å². The second kappa shape index (κ2) is 6.32. The SMILES string of the molecule is CN(C)CCNC(=O)c1c([N+](=O)[O-])ccc2ccccc12. The Hall–Kier alpha value is -2.47. The number of nitrogens with zero attached hydrogens (tertiary/aromatic N) is 2. The molecule has 2 aromatic rings. The number of nitro groups is 1. The van der Waals surface area contributed by atoms with Gasteiger partial charge in [0.25, 0.3) is 11.6 Å². The Kier molecular flexibility index (Phi) is 4.49. The van der Waals surface area contributed by atoms with E-state index < -0.39 is 10.8 Å². The van der Waals surface area contributed by atoms with Gasteiger partial charge in [-0.15, -0.1) is 0 Å². The van der Waals surface area contributed by atoms with Crippen LogP contribution in [0.2, 0.25) is 0 Å². The van der Waals surface area contributed by atoms with Crippen molar-refractivity contribution in [3.8, 4) is 0 Å². The van der Waals surface area contributed by atoms with Crippen LogP contribution in [0.15, 0.2) is 36.4 Å².